The SMILES string of the molecule is CC.CC.CC.CCOc1cccc(C)c1.FC(F)(F)c1ccccc1. The molecule has 0 amide bonds. The van der Waals surface area contributed by atoms with Gasteiger partial charge in [0.25, 0.3) is 0 Å². The molecule has 0 fully saturated rings. The van der Waals surface area contributed by atoms with E-state index in [-0.39, 0.29) is 0 Å². The van der Waals surface area contributed by atoms with Gasteiger partial charge in [0.15, 0.2) is 0 Å². The monoisotopic (exact) mass is 372 g/mol. The van der Waals surface area contributed by atoms with E-state index < -0.39 is 11.7 Å². The van der Waals surface area contributed by atoms with Gasteiger partial charge in [-0.05, 0) is 31.5 Å². The molecular formula is C22H35F3O. The fourth-order valence-corrected chi connectivity index (χ4v) is 1.50. The summed E-state index contributed by atoms with van der Waals surface area (Å²) in [4.78, 5) is 0. The van der Waals surface area contributed by atoms with Crippen molar-refractivity contribution in [3.8, 4) is 5.75 Å². The first-order chi connectivity index (χ1) is 12.4. The minimum atomic E-state index is -4.21. The Balaban J connectivity index is -0.000000316. The number of hydrogen-bond donors (Lipinski definition) is 0. The average molecular weight is 373 g/mol. The van der Waals surface area contributed by atoms with Gasteiger partial charge in [-0.25, -0.2) is 0 Å². The van der Waals surface area contributed by atoms with Crippen molar-refractivity contribution in [2.75, 3.05) is 6.61 Å². The molecule has 1 nitrogen and oxygen atoms in total. The normalized spacial score (nSPS) is 8.73. The number of rotatable bonds is 2. The molecule has 0 heterocycles. The summed E-state index contributed by atoms with van der Waals surface area (Å²) in [7, 11) is 0. The first-order valence-corrected chi connectivity index (χ1v) is 9.25. The van der Waals surface area contributed by atoms with Gasteiger partial charge in [-0.3, -0.25) is 0 Å². The molecule has 0 saturated carbocycles. The van der Waals surface area contributed by atoms with Gasteiger partial charge in [-0.15, -0.1) is 0 Å². The zero-order valence-corrected chi connectivity index (χ0v) is 17.4. The second-order valence-electron chi connectivity index (χ2n) is 4.11. The van der Waals surface area contributed by atoms with Gasteiger partial charge in [0.1, 0.15) is 5.75 Å². The number of aryl methyl sites for hydroxylation is 1. The van der Waals surface area contributed by atoms with Crippen LogP contribution in [0.15, 0.2) is 54.6 Å². The van der Waals surface area contributed by atoms with Crippen molar-refractivity contribution in [1.29, 1.82) is 0 Å². The average Bonchev–Trinajstić information content (AvgIpc) is 2.68. The summed E-state index contributed by atoms with van der Waals surface area (Å²) in [6, 6.07) is 14.4. The Kier molecular flexibility index (Phi) is 21.5. The summed E-state index contributed by atoms with van der Waals surface area (Å²) >= 11 is 0. The molecule has 0 bridgehead atoms. The number of hydrogen-bond acceptors (Lipinski definition) is 1. The largest absolute Gasteiger partial charge is 0.494 e. The molecule has 26 heavy (non-hydrogen) atoms. The second-order valence-corrected chi connectivity index (χ2v) is 4.11. The van der Waals surface area contributed by atoms with Crippen LogP contribution in [0.4, 0.5) is 13.2 Å². The lowest BCUT2D eigenvalue weighted by Gasteiger charge is -2.03. The Hall–Kier alpha value is -1.97. The molecule has 150 valence electrons. The minimum absolute atomic E-state index is 0.602. The third kappa shape index (κ3) is 15.6. The minimum Gasteiger partial charge on any atom is -0.494 e. The zero-order valence-electron chi connectivity index (χ0n) is 17.4. The summed E-state index contributed by atoms with van der Waals surface area (Å²) in [5.41, 5.74) is 0.640. The molecule has 0 saturated heterocycles. The van der Waals surface area contributed by atoms with E-state index in [1.54, 1.807) is 6.07 Å². The van der Waals surface area contributed by atoms with Crippen molar-refractivity contribution >= 4 is 0 Å². The van der Waals surface area contributed by atoms with Gasteiger partial charge in [0.2, 0.25) is 0 Å². The Morgan fingerprint density at radius 3 is 1.62 bits per heavy atom. The molecule has 0 spiro atoms. The summed E-state index contributed by atoms with van der Waals surface area (Å²) in [6.07, 6.45) is -4.21. The van der Waals surface area contributed by atoms with Crippen LogP contribution in [0, 0.1) is 6.92 Å². The number of alkyl halides is 3. The summed E-state index contributed by atoms with van der Waals surface area (Å²) in [6.45, 7) is 16.8. The molecule has 0 atom stereocenters. The predicted octanol–water partition coefficient (Wildman–Crippen LogP) is 8.18. The molecule has 4 heteroatoms. The molecule has 0 aliphatic carbocycles. The highest BCUT2D eigenvalue weighted by atomic mass is 19.4. The molecule has 0 aliphatic heterocycles. The van der Waals surface area contributed by atoms with E-state index in [1.165, 1.54) is 17.7 Å². The second kappa shape index (κ2) is 19.4. The predicted molar refractivity (Wildman–Crippen MR) is 108 cm³/mol. The van der Waals surface area contributed by atoms with Crippen molar-refractivity contribution in [3.05, 3.63) is 65.7 Å². The van der Waals surface area contributed by atoms with Crippen molar-refractivity contribution in [1.82, 2.24) is 0 Å². The van der Waals surface area contributed by atoms with Crippen molar-refractivity contribution < 1.29 is 17.9 Å². The van der Waals surface area contributed by atoms with E-state index in [9.17, 15) is 13.2 Å². The molecule has 2 rings (SSSR count). The first-order valence-electron chi connectivity index (χ1n) is 9.25. The van der Waals surface area contributed by atoms with E-state index in [0.29, 0.717) is 0 Å². The van der Waals surface area contributed by atoms with Crippen molar-refractivity contribution in [2.45, 2.75) is 61.6 Å². The molecule has 0 N–H and O–H groups in total. The van der Waals surface area contributed by atoms with Crippen LogP contribution in [0.3, 0.4) is 0 Å². The molecule has 0 radical (unpaired) electrons. The van der Waals surface area contributed by atoms with Gasteiger partial charge < -0.3 is 4.74 Å². The summed E-state index contributed by atoms with van der Waals surface area (Å²) in [5.74, 6) is 0.961. The molecular weight excluding hydrogens is 337 g/mol. The number of halogens is 3. The van der Waals surface area contributed by atoms with Crippen LogP contribution in [0.1, 0.15) is 59.6 Å². The highest BCUT2D eigenvalue weighted by Crippen LogP contribution is 2.28. The van der Waals surface area contributed by atoms with Crippen LogP contribution in [-0.4, -0.2) is 6.61 Å². The number of ether oxygens (including phenoxy) is 1. The van der Waals surface area contributed by atoms with Crippen LogP contribution in [0.5, 0.6) is 5.75 Å². The topological polar surface area (TPSA) is 9.23 Å². The number of benzene rings is 2. The van der Waals surface area contributed by atoms with Gasteiger partial charge >= 0.3 is 6.18 Å². The van der Waals surface area contributed by atoms with Crippen LogP contribution < -0.4 is 4.74 Å². The van der Waals surface area contributed by atoms with Crippen LogP contribution >= 0.6 is 0 Å². The maximum absolute atomic E-state index is 11.8. The maximum atomic E-state index is 11.8. The lowest BCUT2D eigenvalue weighted by molar-refractivity contribution is -0.137. The third-order valence-corrected chi connectivity index (χ3v) is 2.40. The van der Waals surface area contributed by atoms with Crippen LogP contribution in [0.25, 0.3) is 0 Å². The highest BCUT2D eigenvalue weighted by Gasteiger charge is 2.29. The third-order valence-electron chi connectivity index (χ3n) is 2.40. The molecule has 0 unspecified atom stereocenters. The van der Waals surface area contributed by atoms with Gasteiger partial charge in [-0.1, -0.05) is 84.0 Å². The quantitative estimate of drug-likeness (QED) is 0.516. The van der Waals surface area contributed by atoms with Crippen molar-refractivity contribution in [3.63, 3.8) is 0 Å². The summed E-state index contributed by atoms with van der Waals surface area (Å²) < 4.78 is 40.7. The smallest absolute Gasteiger partial charge is 0.416 e. The van der Waals surface area contributed by atoms with E-state index >= 15 is 0 Å². The van der Waals surface area contributed by atoms with Gasteiger partial charge in [-0.2, -0.15) is 13.2 Å². The summed E-state index contributed by atoms with van der Waals surface area (Å²) in [5, 5.41) is 0. The molecule has 0 aromatic heterocycles. The van der Waals surface area contributed by atoms with E-state index in [0.717, 1.165) is 24.5 Å². The maximum Gasteiger partial charge on any atom is 0.416 e. The van der Waals surface area contributed by atoms with Crippen molar-refractivity contribution in [2.24, 2.45) is 0 Å². The van der Waals surface area contributed by atoms with Crippen LogP contribution in [-0.2, 0) is 6.18 Å². The molecule has 0 aliphatic rings. The zero-order chi connectivity index (χ0) is 21.0. The standard InChI is InChI=1S/C9H12O.C7H5F3.3C2H6/c1-3-10-9-6-4-5-8(2)7-9;8-7(9,10)6-4-2-1-3-5-6;3*1-2/h4-7H,3H2,1-2H3;1-5H;3*1-2H3. The van der Waals surface area contributed by atoms with E-state index in [2.05, 4.69) is 13.0 Å². The Labute approximate surface area is 158 Å². The van der Waals surface area contributed by atoms with Gasteiger partial charge in [0, 0.05) is 0 Å². The molecule has 2 aromatic rings. The first kappa shape index (κ1) is 28.8. The Morgan fingerprint density at radius 1 is 0.769 bits per heavy atom. The fraction of sp³-hybridized carbons (Fsp3) is 0.455. The Morgan fingerprint density at radius 2 is 1.27 bits per heavy atom. The lowest BCUT2D eigenvalue weighted by Crippen LogP contribution is -2.03. The molecule has 2 aromatic carbocycles. The van der Waals surface area contributed by atoms with Gasteiger partial charge in [0.05, 0.1) is 12.2 Å². The van der Waals surface area contributed by atoms with E-state index in [4.69, 9.17) is 4.74 Å². The highest BCUT2D eigenvalue weighted by molar-refractivity contribution is 5.27. The van der Waals surface area contributed by atoms with Crippen LogP contribution in [0.2, 0.25) is 0 Å². The fourth-order valence-electron chi connectivity index (χ4n) is 1.50. The Bertz CT molecular complexity index is 508. The lowest BCUT2D eigenvalue weighted by atomic mass is 10.2. The van der Waals surface area contributed by atoms with E-state index in [1.807, 2.05) is 66.7 Å².